The Labute approximate surface area is 209 Å². The Morgan fingerprint density at radius 2 is 1.63 bits per heavy atom. The Balaban J connectivity index is 1.62. The molecule has 0 bridgehead atoms. The lowest BCUT2D eigenvalue weighted by Gasteiger charge is -2.38. The number of benzene rings is 3. The van der Waals surface area contributed by atoms with Crippen LogP contribution in [0, 0.1) is 6.92 Å². The van der Waals surface area contributed by atoms with Crippen molar-refractivity contribution in [1.82, 2.24) is 9.80 Å². The summed E-state index contributed by atoms with van der Waals surface area (Å²) >= 11 is 5.96. The third kappa shape index (κ3) is 5.89. The molecule has 1 aliphatic rings. The van der Waals surface area contributed by atoms with Crippen molar-refractivity contribution in [3.63, 3.8) is 0 Å². The fourth-order valence-electron chi connectivity index (χ4n) is 4.38. The fraction of sp³-hybridized carbons (Fsp3) is 0.250. The second-order valence-electron chi connectivity index (χ2n) is 8.82. The van der Waals surface area contributed by atoms with Crippen LogP contribution in [0.5, 0.6) is 0 Å². The Hall–Kier alpha value is -3.64. The number of amides is 2. The van der Waals surface area contributed by atoms with Gasteiger partial charge in [0, 0.05) is 30.1 Å². The topological polar surface area (TPSA) is 77.9 Å². The summed E-state index contributed by atoms with van der Waals surface area (Å²) in [7, 11) is 0. The van der Waals surface area contributed by atoms with Gasteiger partial charge in [-0.25, -0.2) is 0 Å². The van der Waals surface area contributed by atoms with Gasteiger partial charge in [0.05, 0.1) is 0 Å². The van der Waals surface area contributed by atoms with Gasteiger partial charge in [-0.1, -0.05) is 65.7 Å². The average molecular weight is 491 g/mol. The molecule has 0 aromatic heterocycles. The van der Waals surface area contributed by atoms with Crippen LogP contribution in [0.4, 0.5) is 0 Å². The summed E-state index contributed by atoms with van der Waals surface area (Å²) in [6, 6.07) is 21.4. The first-order valence-corrected chi connectivity index (χ1v) is 11.9. The standard InChI is InChI=1S/C28H27ClN2O4/c1-19-6-10-21(11-7-19)27(34)31-17-23-5-3-2-4-22(23)16-25(31)28(35)30(18-26(32)33)15-14-20-8-12-24(29)13-9-20/h2-13,25H,14-18H2,1H3,(H,32,33). The molecule has 7 heteroatoms. The number of hydrogen-bond donors (Lipinski definition) is 1. The largest absolute Gasteiger partial charge is 0.480 e. The molecule has 35 heavy (non-hydrogen) atoms. The minimum atomic E-state index is -1.10. The molecule has 0 saturated carbocycles. The molecule has 1 atom stereocenters. The zero-order valence-corrected chi connectivity index (χ0v) is 20.2. The highest BCUT2D eigenvalue weighted by Gasteiger charge is 2.37. The number of carbonyl (C=O) groups excluding carboxylic acids is 2. The summed E-state index contributed by atoms with van der Waals surface area (Å²) in [6.45, 7) is 2.02. The molecular formula is C28H27ClN2O4. The van der Waals surface area contributed by atoms with Gasteiger partial charge >= 0.3 is 5.97 Å². The molecule has 1 heterocycles. The molecule has 0 spiro atoms. The van der Waals surface area contributed by atoms with Crippen LogP contribution >= 0.6 is 11.6 Å². The predicted molar refractivity (Wildman–Crippen MR) is 134 cm³/mol. The van der Waals surface area contributed by atoms with Gasteiger partial charge in [0.1, 0.15) is 12.6 Å². The monoisotopic (exact) mass is 490 g/mol. The fourth-order valence-corrected chi connectivity index (χ4v) is 4.50. The van der Waals surface area contributed by atoms with Gasteiger partial charge in [-0.3, -0.25) is 14.4 Å². The summed E-state index contributed by atoms with van der Waals surface area (Å²) in [5.74, 6) is -1.70. The number of carbonyl (C=O) groups is 3. The number of aliphatic carboxylic acids is 1. The SMILES string of the molecule is Cc1ccc(C(=O)N2Cc3ccccc3CC2C(=O)N(CCc2ccc(Cl)cc2)CC(=O)O)cc1. The van der Waals surface area contributed by atoms with Gasteiger partial charge in [-0.15, -0.1) is 0 Å². The number of rotatable bonds is 7. The number of hydrogen-bond acceptors (Lipinski definition) is 3. The number of aryl methyl sites for hydroxylation is 1. The first-order valence-electron chi connectivity index (χ1n) is 11.5. The lowest BCUT2D eigenvalue weighted by molar-refractivity contribution is -0.146. The van der Waals surface area contributed by atoms with Gasteiger partial charge in [0.25, 0.3) is 5.91 Å². The Morgan fingerprint density at radius 3 is 2.29 bits per heavy atom. The van der Waals surface area contributed by atoms with Crippen LogP contribution in [0.2, 0.25) is 5.02 Å². The van der Waals surface area contributed by atoms with Crippen LogP contribution in [0.3, 0.4) is 0 Å². The molecule has 3 aromatic carbocycles. The van der Waals surface area contributed by atoms with E-state index < -0.39 is 18.6 Å². The van der Waals surface area contributed by atoms with E-state index in [1.54, 1.807) is 29.2 Å². The Kier molecular flexibility index (Phi) is 7.51. The summed E-state index contributed by atoms with van der Waals surface area (Å²) in [5.41, 5.74) is 4.46. The van der Waals surface area contributed by atoms with Crippen LogP contribution in [-0.2, 0) is 29.0 Å². The van der Waals surface area contributed by atoms with E-state index in [0.29, 0.717) is 23.4 Å². The molecule has 2 amide bonds. The minimum absolute atomic E-state index is 0.220. The molecular weight excluding hydrogens is 464 g/mol. The van der Waals surface area contributed by atoms with Crippen LogP contribution in [0.25, 0.3) is 0 Å². The second kappa shape index (κ2) is 10.7. The van der Waals surface area contributed by atoms with E-state index in [1.165, 1.54) is 4.90 Å². The van der Waals surface area contributed by atoms with E-state index in [9.17, 15) is 19.5 Å². The zero-order valence-electron chi connectivity index (χ0n) is 19.5. The van der Waals surface area contributed by atoms with Gasteiger partial charge in [0.15, 0.2) is 0 Å². The van der Waals surface area contributed by atoms with E-state index in [1.807, 2.05) is 55.5 Å². The van der Waals surface area contributed by atoms with Crippen molar-refractivity contribution in [2.75, 3.05) is 13.1 Å². The minimum Gasteiger partial charge on any atom is -0.480 e. The molecule has 0 fully saturated rings. The van der Waals surface area contributed by atoms with Crippen molar-refractivity contribution in [2.24, 2.45) is 0 Å². The van der Waals surface area contributed by atoms with E-state index in [4.69, 9.17) is 11.6 Å². The summed E-state index contributed by atoms with van der Waals surface area (Å²) in [6.07, 6.45) is 0.815. The summed E-state index contributed by atoms with van der Waals surface area (Å²) in [5, 5.41) is 10.1. The molecule has 4 rings (SSSR count). The van der Waals surface area contributed by atoms with Crippen molar-refractivity contribution in [3.05, 3.63) is 106 Å². The highest BCUT2D eigenvalue weighted by Crippen LogP contribution is 2.26. The molecule has 0 saturated heterocycles. The van der Waals surface area contributed by atoms with E-state index >= 15 is 0 Å². The van der Waals surface area contributed by atoms with Crippen molar-refractivity contribution in [2.45, 2.75) is 32.4 Å². The normalized spacial score (nSPS) is 14.8. The smallest absolute Gasteiger partial charge is 0.323 e. The summed E-state index contributed by atoms with van der Waals surface area (Å²) in [4.78, 5) is 41.8. The van der Waals surface area contributed by atoms with Crippen LogP contribution in [0.1, 0.15) is 32.6 Å². The van der Waals surface area contributed by atoms with Gasteiger partial charge in [-0.05, 0) is 54.3 Å². The Morgan fingerprint density at radius 1 is 0.971 bits per heavy atom. The molecule has 180 valence electrons. The van der Waals surface area contributed by atoms with E-state index in [2.05, 4.69) is 0 Å². The van der Waals surface area contributed by atoms with Crippen molar-refractivity contribution in [3.8, 4) is 0 Å². The third-order valence-electron chi connectivity index (χ3n) is 6.31. The van der Waals surface area contributed by atoms with Crippen LogP contribution in [-0.4, -0.2) is 51.8 Å². The maximum Gasteiger partial charge on any atom is 0.323 e. The van der Waals surface area contributed by atoms with Crippen molar-refractivity contribution < 1.29 is 19.5 Å². The quantitative estimate of drug-likeness (QED) is 0.533. The van der Waals surface area contributed by atoms with Gasteiger partial charge < -0.3 is 14.9 Å². The maximum atomic E-state index is 13.8. The van der Waals surface area contributed by atoms with Crippen molar-refractivity contribution >= 4 is 29.4 Å². The lowest BCUT2D eigenvalue weighted by atomic mass is 9.92. The molecule has 3 aromatic rings. The van der Waals surface area contributed by atoms with Gasteiger partial charge in [-0.2, -0.15) is 0 Å². The first-order chi connectivity index (χ1) is 16.8. The number of halogens is 1. The molecule has 1 unspecified atom stereocenters. The number of fused-ring (bicyclic) bond motifs is 1. The molecule has 6 nitrogen and oxygen atoms in total. The Bertz CT molecular complexity index is 1220. The van der Waals surface area contributed by atoms with Crippen LogP contribution < -0.4 is 0 Å². The van der Waals surface area contributed by atoms with Crippen molar-refractivity contribution in [1.29, 1.82) is 0 Å². The molecule has 0 radical (unpaired) electrons. The number of carboxylic acids is 1. The zero-order chi connectivity index (χ0) is 24.9. The third-order valence-corrected chi connectivity index (χ3v) is 6.57. The first kappa shape index (κ1) is 24.5. The van der Waals surface area contributed by atoms with Crippen LogP contribution in [0.15, 0.2) is 72.8 Å². The number of nitrogens with zero attached hydrogens (tertiary/aromatic N) is 2. The van der Waals surface area contributed by atoms with Gasteiger partial charge in [0.2, 0.25) is 5.91 Å². The molecule has 1 N–H and O–H groups in total. The lowest BCUT2D eigenvalue weighted by Crippen LogP contribution is -2.54. The molecule has 1 aliphatic heterocycles. The predicted octanol–water partition coefficient (Wildman–Crippen LogP) is 4.37. The number of carboxylic acid groups (broad SMARTS) is 1. The maximum absolute atomic E-state index is 13.8. The second-order valence-corrected chi connectivity index (χ2v) is 9.25. The van der Waals surface area contributed by atoms with E-state index in [0.717, 1.165) is 22.3 Å². The summed E-state index contributed by atoms with van der Waals surface area (Å²) < 4.78 is 0. The molecule has 0 aliphatic carbocycles. The highest BCUT2D eigenvalue weighted by atomic mass is 35.5. The highest BCUT2D eigenvalue weighted by molar-refractivity contribution is 6.30. The van der Waals surface area contributed by atoms with E-state index in [-0.39, 0.29) is 24.9 Å². The average Bonchev–Trinajstić information content (AvgIpc) is 2.86.